The van der Waals surface area contributed by atoms with E-state index in [9.17, 15) is 4.79 Å². The van der Waals surface area contributed by atoms with Gasteiger partial charge in [-0.2, -0.15) is 0 Å². The molecule has 1 unspecified atom stereocenters. The van der Waals surface area contributed by atoms with E-state index in [1.165, 1.54) is 6.26 Å². The van der Waals surface area contributed by atoms with Crippen molar-refractivity contribution >= 4 is 34.2 Å². The van der Waals surface area contributed by atoms with Crippen molar-refractivity contribution in [3.05, 3.63) is 44.2 Å². The number of rotatable bonds is 2. The number of halogens is 2. The lowest BCUT2D eigenvalue weighted by atomic mass is 10.1. The SMILES string of the molecule is CC(N)Cc1coc2c(Cl)cc(Cl)cc2c1=O. The molecule has 2 aromatic rings. The lowest BCUT2D eigenvalue weighted by Crippen LogP contribution is -2.22. The average molecular weight is 272 g/mol. The van der Waals surface area contributed by atoms with Gasteiger partial charge < -0.3 is 10.2 Å². The summed E-state index contributed by atoms with van der Waals surface area (Å²) in [4.78, 5) is 12.1. The third-order valence-electron chi connectivity index (χ3n) is 2.41. The number of fused-ring (bicyclic) bond motifs is 1. The van der Waals surface area contributed by atoms with Crippen molar-refractivity contribution in [2.45, 2.75) is 19.4 Å². The van der Waals surface area contributed by atoms with Gasteiger partial charge in [0.15, 0.2) is 11.0 Å². The summed E-state index contributed by atoms with van der Waals surface area (Å²) in [6.07, 6.45) is 1.87. The molecule has 0 aliphatic heterocycles. The zero-order valence-electron chi connectivity index (χ0n) is 9.17. The highest BCUT2D eigenvalue weighted by Gasteiger charge is 2.11. The van der Waals surface area contributed by atoms with Gasteiger partial charge in [0.25, 0.3) is 0 Å². The molecule has 2 N–H and O–H groups in total. The first-order valence-corrected chi connectivity index (χ1v) is 5.89. The smallest absolute Gasteiger partial charge is 0.196 e. The molecule has 0 spiro atoms. The van der Waals surface area contributed by atoms with Crippen molar-refractivity contribution in [2.75, 3.05) is 0 Å². The molecule has 1 aromatic carbocycles. The second-order valence-electron chi connectivity index (χ2n) is 4.04. The van der Waals surface area contributed by atoms with Gasteiger partial charge in [-0.1, -0.05) is 23.2 Å². The van der Waals surface area contributed by atoms with Crippen LogP contribution in [0.5, 0.6) is 0 Å². The summed E-state index contributed by atoms with van der Waals surface area (Å²) in [5.74, 6) is 0. The summed E-state index contributed by atoms with van der Waals surface area (Å²) in [5.41, 5.74) is 6.42. The van der Waals surface area contributed by atoms with E-state index < -0.39 is 0 Å². The Labute approximate surface area is 108 Å². The van der Waals surface area contributed by atoms with Crippen LogP contribution in [-0.2, 0) is 6.42 Å². The average Bonchev–Trinajstić information content (AvgIpc) is 2.22. The van der Waals surface area contributed by atoms with E-state index >= 15 is 0 Å². The Morgan fingerprint density at radius 3 is 2.76 bits per heavy atom. The molecule has 0 saturated carbocycles. The lowest BCUT2D eigenvalue weighted by molar-refractivity contribution is 0.585. The van der Waals surface area contributed by atoms with Gasteiger partial charge in [-0.3, -0.25) is 4.79 Å². The first kappa shape index (κ1) is 12.4. The van der Waals surface area contributed by atoms with Crippen molar-refractivity contribution < 1.29 is 4.42 Å². The summed E-state index contributed by atoms with van der Waals surface area (Å²) in [7, 11) is 0. The Morgan fingerprint density at radius 2 is 2.12 bits per heavy atom. The number of hydrogen-bond donors (Lipinski definition) is 1. The van der Waals surface area contributed by atoms with E-state index in [0.717, 1.165) is 0 Å². The molecule has 0 aliphatic carbocycles. The first-order chi connectivity index (χ1) is 7.99. The molecule has 17 heavy (non-hydrogen) atoms. The van der Waals surface area contributed by atoms with Gasteiger partial charge in [0.05, 0.1) is 16.7 Å². The minimum Gasteiger partial charge on any atom is -0.462 e. The van der Waals surface area contributed by atoms with Gasteiger partial charge >= 0.3 is 0 Å². The summed E-state index contributed by atoms with van der Waals surface area (Å²) >= 11 is 11.8. The molecule has 0 radical (unpaired) electrons. The van der Waals surface area contributed by atoms with Crippen molar-refractivity contribution in [3.63, 3.8) is 0 Å². The highest BCUT2D eigenvalue weighted by Crippen LogP contribution is 2.26. The molecule has 0 amide bonds. The van der Waals surface area contributed by atoms with Crippen LogP contribution < -0.4 is 11.2 Å². The fraction of sp³-hybridized carbons (Fsp3) is 0.250. The van der Waals surface area contributed by atoms with Crippen LogP contribution in [-0.4, -0.2) is 6.04 Å². The standard InChI is InChI=1S/C12H11Cl2NO2/c1-6(15)2-7-5-17-12-9(11(7)16)3-8(13)4-10(12)14/h3-6H,2,15H2,1H3. The van der Waals surface area contributed by atoms with E-state index in [2.05, 4.69) is 0 Å². The molecule has 5 heteroatoms. The normalized spacial score (nSPS) is 12.9. The van der Waals surface area contributed by atoms with Crippen LogP contribution in [0.15, 0.2) is 27.6 Å². The van der Waals surface area contributed by atoms with E-state index in [1.807, 2.05) is 6.92 Å². The van der Waals surface area contributed by atoms with Crippen LogP contribution in [0.1, 0.15) is 12.5 Å². The Balaban J connectivity index is 2.71. The van der Waals surface area contributed by atoms with Crippen LogP contribution in [0.4, 0.5) is 0 Å². The number of benzene rings is 1. The zero-order chi connectivity index (χ0) is 12.6. The molecule has 90 valence electrons. The van der Waals surface area contributed by atoms with Crippen LogP contribution in [0.2, 0.25) is 10.0 Å². The van der Waals surface area contributed by atoms with E-state index in [1.54, 1.807) is 12.1 Å². The topological polar surface area (TPSA) is 56.2 Å². The second-order valence-corrected chi connectivity index (χ2v) is 4.88. The lowest BCUT2D eigenvalue weighted by Gasteiger charge is -2.06. The van der Waals surface area contributed by atoms with Gasteiger partial charge in [-0.05, 0) is 25.5 Å². The molecule has 0 bridgehead atoms. The van der Waals surface area contributed by atoms with Crippen molar-refractivity contribution in [2.24, 2.45) is 5.73 Å². The second kappa shape index (κ2) is 4.69. The van der Waals surface area contributed by atoms with Crippen molar-refractivity contribution in [1.29, 1.82) is 0 Å². The largest absolute Gasteiger partial charge is 0.462 e. The highest BCUT2D eigenvalue weighted by atomic mass is 35.5. The summed E-state index contributed by atoms with van der Waals surface area (Å²) < 4.78 is 5.36. The fourth-order valence-corrected chi connectivity index (χ4v) is 2.23. The van der Waals surface area contributed by atoms with Crippen LogP contribution in [0.25, 0.3) is 11.0 Å². The van der Waals surface area contributed by atoms with Gasteiger partial charge in [-0.15, -0.1) is 0 Å². The van der Waals surface area contributed by atoms with E-state index in [4.69, 9.17) is 33.4 Å². The quantitative estimate of drug-likeness (QED) is 0.914. The Morgan fingerprint density at radius 1 is 1.41 bits per heavy atom. The molecular weight excluding hydrogens is 261 g/mol. The predicted molar refractivity (Wildman–Crippen MR) is 69.9 cm³/mol. The maximum Gasteiger partial charge on any atom is 0.196 e. The Kier molecular flexibility index (Phi) is 3.43. The third kappa shape index (κ3) is 2.46. The predicted octanol–water partition coefficient (Wildman–Crippen LogP) is 2.99. The number of nitrogens with two attached hydrogens (primary N) is 1. The Bertz CT molecular complexity index is 620. The van der Waals surface area contributed by atoms with Crippen LogP contribution in [0, 0.1) is 0 Å². The number of hydrogen-bond acceptors (Lipinski definition) is 3. The van der Waals surface area contributed by atoms with Gasteiger partial charge in [0.1, 0.15) is 0 Å². The molecule has 2 rings (SSSR count). The summed E-state index contributed by atoms with van der Waals surface area (Å²) in [6, 6.07) is 2.99. The summed E-state index contributed by atoms with van der Waals surface area (Å²) in [6.45, 7) is 1.83. The maximum absolute atomic E-state index is 12.1. The van der Waals surface area contributed by atoms with Crippen molar-refractivity contribution in [3.8, 4) is 0 Å². The minimum atomic E-state index is -0.132. The molecule has 1 heterocycles. The maximum atomic E-state index is 12.1. The van der Waals surface area contributed by atoms with Crippen LogP contribution >= 0.6 is 23.2 Å². The van der Waals surface area contributed by atoms with E-state index in [-0.39, 0.29) is 11.5 Å². The zero-order valence-corrected chi connectivity index (χ0v) is 10.7. The fourth-order valence-electron chi connectivity index (χ4n) is 1.69. The Hall–Kier alpha value is -1.03. The van der Waals surface area contributed by atoms with Gasteiger partial charge in [0.2, 0.25) is 0 Å². The molecule has 0 fully saturated rings. The monoisotopic (exact) mass is 271 g/mol. The van der Waals surface area contributed by atoms with Gasteiger partial charge in [-0.25, -0.2) is 0 Å². The molecule has 1 atom stereocenters. The molecule has 3 nitrogen and oxygen atoms in total. The van der Waals surface area contributed by atoms with Gasteiger partial charge in [0, 0.05) is 16.6 Å². The molecular formula is C12H11Cl2NO2. The van der Waals surface area contributed by atoms with Crippen LogP contribution in [0.3, 0.4) is 0 Å². The van der Waals surface area contributed by atoms with E-state index in [0.29, 0.717) is 33.0 Å². The van der Waals surface area contributed by atoms with Crippen molar-refractivity contribution in [1.82, 2.24) is 0 Å². The molecule has 1 aromatic heterocycles. The summed E-state index contributed by atoms with van der Waals surface area (Å²) in [5, 5.41) is 1.13. The third-order valence-corrected chi connectivity index (χ3v) is 2.90. The molecule has 0 saturated heterocycles. The first-order valence-electron chi connectivity index (χ1n) is 5.14. The minimum absolute atomic E-state index is 0.106. The molecule has 0 aliphatic rings. The highest BCUT2D eigenvalue weighted by molar-refractivity contribution is 6.38.